The van der Waals surface area contributed by atoms with Crippen LogP contribution in [0.1, 0.15) is 109 Å². The van der Waals surface area contributed by atoms with E-state index in [9.17, 15) is 18.0 Å². The molecule has 2 aromatic rings. The Kier molecular flexibility index (Phi) is 16.1. The zero-order valence-corrected chi connectivity index (χ0v) is 30.9. The smallest absolute Gasteiger partial charge is 0.407 e. The van der Waals surface area contributed by atoms with E-state index in [1.807, 2.05) is 24.3 Å². The van der Waals surface area contributed by atoms with Gasteiger partial charge in [0.05, 0.1) is 38.0 Å². The molecule has 0 amide bonds. The molecule has 0 heterocycles. The number of hydrogen-bond donors (Lipinski definition) is 2. The number of benzene rings is 2. The first-order valence-electron chi connectivity index (χ1n) is 17.6. The molecule has 6 nitrogen and oxygen atoms in total. The number of rotatable bonds is 13. The number of halogens is 5. The van der Waals surface area contributed by atoms with Crippen LogP contribution in [0.15, 0.2) is 53.4 Å². The van der Waals surface area contributed by atoms with E-state index in [0.717, 1.165) is 105 Å². The summed E-state index contributed by atoms with van der Waals surface area (Å²) in [7, 11) is 1.41. The van der Waals surface area contributed by atoms with Crippen molar-refractivity contribution in [3.63, 3.8) is 0 Å². The van der Waals surface area contributed by atoms with Crippen molar-refractivity contribution in [3.8, 4) is 11.1 Å². The first-order chi connectivity index (χ1) is 23.2. The van der Waals surface area contributed by atoms with Crippen LogP contribution in [0, 0.1) is 24.3 Å². The molecule has 278 valence electrons. The van der Waals surface area contributed by atoms with Crippen LogP contribution >= 0.6 is 12.0 Å². The zero-order valence-electron chi connectivity index (χ0n) is 29.4. The molecule has 0 aromatic heterocycles. The van der Waals surface area contributed by atoms with Crippen LogP contribution < -0.4 is 23.5 Å². The number of quaternary nitrogens is 1. The molecule has 4 N–H and O–H groups in total. The van der Waals surface area contributed by atoms with Gasteiger partial charge in [-0.05, 0) is 80.2 Å². The average Bonchev–Trinajstić information content (AvgIpc) is 3.84. The first-order valence-corrected chi connectivity index (χ1v) is 18.3. The highest BCUT2D eigenvalue weighted by molar-refractivity contribution is 7.94. The Morgan fingerprint density at radius 2 is 1.40 bits per heavy atom. The lowest BCUT2D eigenvalue weighted by molar-refractivity contribution is -0.421. The third-order valence-corrected chi connectivity index (χ3v) is 10.7. The van der Waals surface area contributed by atoms with E-state index < -0.39 is 23.9 Å². The van der Waals surface area contributed by atoms with Gasteiger partial charge in [0.25, 0.3) is 0 Å². The van der Waals surface area contributed by atoms with E-state index in [2.05, 4.69) is 20.8 Å². The van der Waals surface area contributed by atoms with Crippen LogP contribution in [-0.2, 0) is 14.0 Å². The van der Waals surface area contributed by atoms with Gasteiger partial charge in [-0.1, -0.05) is 74.9 Å². The van der Waals surface area contributed by atoms with E-state index in [1.54, 1.807) is 12.1 Å². The maximum atomic E-state index is 15.1. The van der Waals surface area contributed by atoms with Crippen molar-refractivity contribution in [2.45, 2.75) is 132 Å². The van der Waals surface area contributed by atoms with Gasteiger partial charge >= 0.3 is 11.8 Å². The molecule has 0 bridgehead atoms. The molecule has 3 aliphatic rings. The van der Waals surface area contributed by atoms with E-state index in [1.165, 1.54) is 33.1 Å². The fourth-order valence-corrected chi connectivity index (χ4v) is 7.67. The summed E-state index contributed by atoms with van der Waals surface area (Å²) in [5, 5.41) is 2.67. The lowest BCUT2D eigenvalue weighted by Gasteiger charge is -2.40. The quantitative estimate of drug-likeness (QED) is 0.0794. The Morgan fingerprint density at radius 3 is 1.78 bits per heavy atom. The molecule has 3 fully saturated rings. The van der Waals surface area contributed by atoms with Crippen molar-refractivity contribution >= 4 is 17.8 Å². The van der Waals surface area contributed by atoms with Crippen LogP contribution in [0.2, 0.25) is 0 Å². The van der Waals surface area contributed by atoms with Crippen molar-refractivity contribution in [1.82, 2.24) is 5.32 Å². The maximum absolute atomic E-state index is 15.1. The van der Waals surface area contributed by atoms with Gasteiger partial charge in [-0.25, -0.2) is 15.9 Å². The highest BCUT2D eigenvalue weighted by atomic mass is 35.5. The molecule has 3 saturated carbocycles. The largest absolute Gasteiger partial charge is 1.00 e. The number of ketones is 1. The second kappa shape index (κ2) is 19.0. The predicted molar refractivity (Wildman–Crippen MR) is 184 cm³/mol. The van der Waals surface area contributed by atoms with Crippen molar-refractivity contribution in [2.75, 3.05) is 7.11 Å². The number of nitrogens with zero attached hydrogens (tertiary/aromatic N) is 1. The number of nitrogens with one attached hydrogen (secondary N) is 1. The summed E-state index contributed by atoms with van der Waals surface area (Å²) in [5.74, 6) is -0.241. The summed E-state index contributed by atoms with van der Waals surface area (Å²) in [5.41, 5.74) is 3.25. The third kappa shape index (κ3) is 12.8. The minimum atomic E-state index is -4.67. The fourth-order valence-electron chi connectivity index (χ4n) is 7.28. The Morgan fingerprint density at radius 1 is 0.920 bits per heavy atom. The number of carbonyl (C=O) groups excluding carboxylic acids is 1. The summed E-state index contributed by atoms with van der Waals surface area (Å²) in [6.45, 7) is 9.16. The van der Waals surface area contributed by atoms with E-state index in [0.29, 0.717) is 0 Å². The van der Waals surface area contributed by atoms with E-state index in [-0.39, 0.29) is 53.6 Å². The summed E-state index contributed by atoms with van der Waals surface area (Å²) in [6, 6.07) is 10.2. The molecule has 0 saturated heterocycles. The van der Waals surface area contributed by atoms with E-state index >= 15 is 4.39 Å². The van der Waals surface area contributed by atoms with Crippen molar-refractivity contribution in [2.24, 2.45) is 17.8 Å². The molecular weight excluding hydrogens is 690 g/mol. The number of hydrogen-bond acceptors (Lipinski definition) is 5. The van der Waals surface area contributed by atoms with Gasteiger partial charge in [0.1, 0.15) is 11.7 Å². The molecule has 0 unspecified atom stereocenters. The van der Waals surface area contributed by atoms with Gasteiger partial charge in [0, 0.05) is 17.2 Å². The van der Waals surface area contributed by atoms with Crippen molar-refractivity contribution < 1.29 is 49.7 Å². The van der Waals surface area contributed by atoms with Gasteiger partial charge in [-0.3, -0.25) is 20.7 Å². The molecule has 2 atom stereocenters. The molecule has 50 heavy (non-hydrogen) atoms. The molecular formula is C38H52ClF4N3O3S. The minimum Gasteiger partial charge on any atom is -1.00 e. The summed E-state index contributed by atoms with van der Waals surface area (Å²) >= 11 is 1.06. The van der Waals surface area contributed by atoms with Crippen molar-refractivity contribution in [3.05, 3.63) is 65.5 Å². The first kappa shape index (κ1) is 42.2. The SMILES string of the molecule is COOSc1ccc(-c2ccc([C@H](N[C@@H](CC(C)(C)F)C(=O)C(C3CCCCC3)C3CCCCC3)C(F)(F)F)cc2)cc1.[C-]#[N+]C1([NH3+])CC1.[Cl-]. The van der Waals surface area contributed by atoms with Gasteiger partial charge in [-0.2, -0.15) is 17.5 Å². The monoisotopic (exact) mass is 741 g/mol. The van der Waals surface area contributed by atoms with Gasteiger partial charge < -0.3 is 12.4 Å². The third-order valence-electron chi connectivity index (χ3n) is 10.1. The molecule has 5 rings (SSSR count). The number of carbonyl (C=O) groups is 1. The van der Waals surface area contributed by atoms with Gasteiger partial charge in [0.2, 0.25) is 0 Å². The number of alkyl halides is 4. The van der Waals surface area contributed by atoms with Crippen LogP contribution in [0.25, 0.3) is 16.0 Å². The second-order valence-corrected chi connectivity index (χ2v) is 15.4. The Balaban J connectivity index is 0.000000872. The molecule has 0 spiro atoms. The molecule has 12 heteroatoms. The van der Waals surface area contributed by atoms with Crippen LogP contribution in [-0.4, -0.2) is 36.4 Å². The summed E-state index contributed by atoms with van der Waals surface area (Å²) < 4.78 is 64.0. The van der Waals surface area contributed by atoms with Crippen molar-refractivity contribution in [1.29, 1.82) is 0 Å². The van der Waals surface area contributed by atoms with Crippen LogP contribution in [0.4, 0.5) is 17.6 Å². The maximum Gasteiger partial charge on any atom is 0.407 e. The number of Topliss-reactive ketones (excluding diaryl/α,β-unsaturated/α-hetero) is 1. The Bertz CT molecular complexity index is 1350. The highest BCUT2D eigenvalue weighted by Gasteiger charge is 2.51. The van der Waals surface area contributed by atoms with Gasteiger partial charge in [-0.15, -0.1) is 0 Å². The molecule has 2 aromatic carbocycles. The predicted octanol–water partition coefficient (Wildman–Crippen LogP) is 6.63. The minimum absolute atomic E-state index is 0. The summed E-state index contributed by atoms with van der Waals surface area (Å²) in [6.07, 6.45) is 7.11. The molecule has 3 aliphatic carbocycles. The van der Waals surface area contributed by atoms with Gasteiger partial charge in [0.15, 0.2) is 5.78 Å². The Hall–Kier alpha value is -2.20. The lowest BCUT2D eigenvalue weighted by atomic mass is 9.66. The topological polar surface area (TPSA) is 79.6 Å². The fraction of sp³-hybridized carbons (Fsp3) is 0.632. The highest BCUT2D eigenvalue weighted by Crippen LogP contribution is 2.43. The standard InChI is InChI=1S/C34H45F4NO3S.C4H6N2.ClH/c1-33(2,35)22-29(31(40)30(25-10-6-4-7-11-25)26-12-8-5-9-13-26)39-32(34(36,37)38)27-16-14-23(15-17-27)24-18-20-28(21-19-24)43-42-41-3;1-6-4(5)2-3-4;/h14-21,25-26,29-30,32,39H,4-13,22H2,1-3H3;2-3,5H2;1H/t29-,32-;;/m0../s1. The lowest BCUT2D eigenvalue weighted by Crippen LogP contribution is -3.00. The summed E-state index contributed by atoms with van der Waals surface area (Å²) in [4.78, 5) is 23.0. The normalized spacial score (nSPS) is 19.4. The van der Waals surface area contributed by atoms with Crippen LogP contribution in [0.5, 0.6) is 0 Å². The van der Waals surface area contributed by atoms with E-state index in [4.69, 9.17) is 10.9 Å². The molecule has 0 aliphatic heterocycles. The average molecular weight is 742 g/mol. The zero-order chi connectivity index (χ0) is 35.7. The molecule has 0 radical (unpaired) electrons. The second-order valence-electron chi connectivity index (χ2n) is 14.6. The Labute approximate surface area is 305 Å². The van der Waals surface area contributed by atoms with Crippen LogP contribution in [0.3, 0.4) is 0 Å².